The van der Waals surface area contributed by atoms with Gasteiger partial charge in [-0.05, 0) is 40.2 Å². The Bertz CT molecular complexity index is 1100. The van der Waals surface area contributed by atoms with Gasteiger partial charge in [0.25, 0.3) is 11.1 Å². The molecule has 1 aliphatic heterocycles. The normalized spacial score (nSPS) is 15.1. The van der Waals surface area contributed by atoms with Crippen molar-refractivity contribution in [3.8, 4) is 11.5 Å². The molecule has 1 heterocycles. The number of hydrogen-bond donors (Lipinski definition) is 1. The second-order valence-electron chi connectivity index (χ2n) is 6.16. The van der Waals surface area contributed by atoms with Gasteiger partial charge in [-0.25, -0.2) is 0 Å². The summed E-state index contributed by atoms with van der Waals surface area (Å²) in [5.74, 6) is 0.681. The lowest BCUT2D eigenvalue weighted by molar-refractivity contribution is -0.115. The van der Waals surface area contributed by atoms with E-state index >= 15 is 0 Å². The molecule has 0 atom stereocenters. The highest BCUT2D eigenvalue weighted by molar-refractivity contribution is 8.18. The minimum absolute atomic E-state index is 0.327. The van der Waals surface area contributed by atoms with E-state index in [0.717, 1.165) is 28.1 Å². The zero-order chi connectivity index (χ0) is 19.5. The zero-order valence-electron chi connectivity index (χ0n) is 15.1. The third-order valence-corrected chi connectivity index (χ3v) is 5.22. The summed E-state index contributed by atoms with van der Waals surface area (Å²) in [6, 6.07) is 19.6. The molecule has 28 heavy (non-hydrogen) atoms. The van der Waals surface area contributed by atoms with Gasteiger partial charge in [0.15, 0.2) is 11.5 Å². The SMILES string of the molecule is COc1cccc(/C=C2\SC(=O)NC2=O)c1OCc1cccc2ccccc12. The number of hydrogen-bond acceptors (Lipinski definition) is 5. The Labute approximate surface area is 166 Å². The van der Waals surface area contributed by atoms with Crippen LogP contribution in [0.4, 0.5) is 4.79 Å². The van der Waals surface area contributed by atoms with Crippen LogP contribution in [0.3, 0.4) is 0 Å². The molecule has 3 aromatic carbocycles. The van der Waals surface area contributed by atoms with Crippen molar-refractivity contribution in [2.75, 3.05) is 7.11 Å². The molecule has 0 aliphatic carbocycles. The lowest BCUT2D eigenvalue weighted by Gasteiger charge is -2.14. The fourth-order valence-electron chi connectivity index (χ4n) is 3.09. The molecule has 1 N–H and O–H groups in total. The molecule has 3 aromatic rings. The molecular weight excluding hydrogens is 374 g/mol. The van der Waals surface area contributed by atoms with Crippen LogP contribution in [0.2, 0.25) is 0 Å². The number of fused-ring (bicyclic) bond motifs is 1. The molecule has 0 aromatic heterocycles. The fraction of sp³-hybridized carbons (Fsp3) is 0.0909. The van der Waals surface area contributed by atoms with E-state index in [1.54, 1.807) is 19.3 Å². The molecule has 0 saturated carbocycles. The number of methoxy groups -OCH3 is 1. The van der Waals surface area contributed by atoms with E-state index in [9.17, 15) is 9.59 Å². The van der Waals surface area contributed by atoms with Gasteiger partial charge in [-0.1, -0.05) is 54.6 Å². The average Bonchev–Trinajstić information content (AvgIpc) is 3.03. The molecule has 0 radical (unpaired) electrons. The topological polar surface area (TPSA) is 64.6 Å². The number of carbonyl (C=O) groups is 2. The summed E-state index contributed by atoms with van der Waals surface area (Å²) in [5, 5.41) is 4.14. The molecule has 4 rings (SSSR count). The molecule has 0 spiro atoms. The minimum Gasteiger partial charge on any atom is -0.493 e. The van der Waals surface area contributed by atoms with Gasteiger partial charge in [0.2, 0.25) is 0 Å². The molecule has 0 unspecified atom stereocenters. The lowest BCUT2D eigenvalue weighted by Crippen LogP contribution is -2.17. The van der Waals surface area contributed by atoms with Crippen molar-refractivity contribution in [1.29, 1.82) is 0 Å². The monoisotopic (exact) mass is 391 g/mol. The molecule has 1 aliphatic rings. The Morgan fingerprint density at radius 1 is 1.00 bits per heavy atom. The predicted molar refractivity (Wildman–Crippen MR) is 110 cm³/mol. The Morgan fingerprint density at radius 2 is 1.79 bits per heavy atom. The molecule has 1 fully saturated rings. The van der Waals surface area contributed by atoms with Gasteiger partial charge in [0.1, 0.15) is 6.61 Å². The van der Waals surface area contributed by atoms with E-state index in [-0.39, 0.29) is 5.24 Å². The first-order valence-corrected chi connectivity index (χ1v) is 9.48. The van der Waals surface area contributed by atoms with Crippen molar-refractivity contribution < 1.29 is 19.1 Å². The van der Waals surface area contributed by atoms with Crippen LogP contribution in [0.25, 0.3) is 16.8 Å². The number of imide groups is 1. The van der Waals surface area contributed by atoms with E-state index < -0.39 is 5.91 Å². The number of thioether (sulfide) groups is 1. The fourth-order valence-corrected chi connectivity index (χ4v) is 3.77. The van der Waals surface area contributed by atoms with E-state index in [1.807, 2.05) is 36.4 Å². The van der Waals surface area contributed by atoms with Gasteiger partial charge < -0.3 is 9.47 Å². The standard InChI is InChI=1S/C22H17NO4S/c1-26-18-11-5-8-15(12-19-21(24)23-22(25)28-19)20(18)27-13-16-9-4-7-14-6-2-3-10-17(14)16/h2-12H,13H2,1H3,(H,23,24,25)/b19-12-. The highest BCUT2D eigenvalue weighted by Crippen LogP contribution is 2.36. The van der Waals surface area contributed by atoms with Crippen LogP contribution in [0.1, 0.15) is 11.1 Å². The van der Waals surface area contributed by atoms with Crippen LogP contribution in [0, 0.1) is 0 Å². The smallest absolute Gasteiger partial charge is 0.290 e. The third kappa shape index (κ3) is 3.59. The molecule has 1 saturated heterocycles. The number of carbonyl (C=O) groups excluding carboxylic acids is 2. The van der Waals surface area contributed by atoms with E-state index in [2.05, 4.69) is 23.5 Å². The lowest BCUT2D eigenvalue weighted by atomic mass is 10.1. The van der Waals surface area contributed by atoms with Crippen LogP contribution < -0.4 is 14.8 Å². The first-order valence-electron chi connectivity index (χ1n) is 8.67. The van der Waals surface area contributed by atoms with Gasteiger partial charge >= 0.3 is 0 Å². The number of ether oxygens (including phenoxy) is 2. The zero-order valence-corrected chi connectivity index (χ0v) is 15.9. The molecule has 0 bridgehead atoms. The van der Waals surface area contributed by atoms with Gasteiger partial charge in [0.05, 0.1) is 12.0 Å². The highest BCUT2D eigenvalue weighted by Gasteiger charge is 2.25. The summed E-state index contributed by atoms with van der Waals surface area (Å²) in [6.07, 6.45) is 1.64. The Balaban J connectivity index is 1.68. The summed E-state index contributed by atoms with van der Waals surface area (Å²) < 4.78 is 11.6. The largest absolute Gasteiger partial charge is 0.493 e. The molecular formula is C22H17NO4S. The van der Waals surface area contributed by atoms with Crippen LogP contribution in [0.5, 0.6) is 11.5 Å². The Kier molecular flexibility index (Phi) is 5.04. The minimum atomic E-state index is -0.405. The maximum Gasteiger partial charge on any atom is 0.290 e. The first kappa shape index (κ1) is 18.1. The number of rotatable bonds is 5. The van der Waals surface area contributed by atoms with Gasteiger partial charge in [-0.3, -0.25) is 14.9 Å². The second-order valence-corrected chi connectivity index (χ2v) is 7.17. The van der Waals surface area contributed by atoms with Crippen LogP contribution in [-0.2, 0) is 11.4 Å². The summed E-state index contributed by atoms with van der Waals surface area (Å²) in [7, 11) is 1.57. The third-order valence-electron chi connectivity index (χ3n) is 4.41. The van der Waals surface area contributed by atoms with Crippen molar-refractivity contribution in [3.05, 3.63) is 76.7 Å². The van der Waals surface area contributed by atoms with Crippen molar-refractivity contribution >= 4 is 39.8 Å². The Hall–Kier alpha value is -3.25. The van der Waals surface area contributed by atoms with Gasteiger partial charge in [-0.15, -0.1) is 0 Å². The maximum atomic E-state index is 11.9. The summed E-state index contributed by atoms with van der Waals surface area (Å²) in [4.78, 5) is 23.6. The molecule has 140 valence electrons. The number of benzene rings is 3. The van der Waals surface area contributed by atoms with Crippen LogP contribution in [0.15, 0.2) is 65.6 Å². The Morgan fingerprint density at radius 3 is 2.57 bits per heavy atom. The average molecular weight is 391 g/mol. The first-order chi connectivity index (χ1) is 13.7. The van der Waals surface area contributed by atoms with Crippen molar-refractivity contribution in [2.45, 2.75) is 6.61 Å². The van der Waals surface area contributed by atoms with Crippen LogP contribution >= 0.6 is 11.8 Å². The van der Waals surface area contributed by atoms with E-state index in [0.29, 0.717) is 28.6 Å². The number of nitrogens with one attached hydrogen (secondary N) is 1. The summed E-state index contributed by atoms with van der Waals surface area (Å²) >= 11 is 0.872. The quantitative estimate of drug-likeness (QED) is 0.636. The summed E-state index contributed by atoms with van der Waals surface area (Å²) in [6.45, 7) is 0.343. The molecule has 5 nitrogen and oxygen atoms in total. The predicted octanol–water partition coefficient (Wildman–Crippen LogP) is 4.75. The van der Waals surface area contributed by atoms with Crippen molar-refractivity contribution in [1.82, 2.24) is 5.32 Å². The number of para-hydroxylation sites is 1. The van der Waals surface area contributed by atoms with Gasteiger partial charge in [-0.2, -0.15) is 0 Å². The number of amides is 2. The van der Waals surface area contributed by atoms with Crippen molar-refractivity contribution in [2.24, 2.45) is 0 Å². The van der Waals surface area contributed by atoms with E-state index in [4.69, 9.17) is 9.47 Å². The maximum absolute atomic E-state index is 11.9. The van der Waals surface area contributed by atoms with Crippen molar-refractivity contribution in [3.63, 3.8) is 0 Å². The van der Waals surface area contributed by atoms with E-state index in [1.165, 1.54) is 0 Å². The molecule has 6 heteroatoms. The molecule has 2 amide bonds. The van der Waals surface area contributed by atoms with Crippen LogP contribution in [-0.4, -0.2) is 18.3 Å². The summed E-state index contributed by atoms with van der Waals surface area (Å²) in [5.41, 5.74) is 1.72. The second kappa shape index (κ2) is 7.78. The highest BCUT2D eigenvalue weighted by atomic mass is 32.2. The van der Waals surface area contributed by atoms with Gasteiger partial charge in [0, 0.05) is 5.56 Å².